The highest BCUT2D eigenvalue weighted by Crippen LogP contribution is 2.29. The Morgan fingerprint density at radius 1 is 1.14 bits per heavy atom. The van der Waals surface area contributed by atoms with Crippen molar-refractivity contribution in [3.05, 3.63) is 42.5 Å². The maximum Gasteiger partial charge on any atom is 0.123 e. The lowest BCUT2D eigenvalue weighted by molar-refractivity contribution is 0.477. The average molecular weight is 186 g/mol. The molecule has 1 heterocycles. The highest BCUT2D eigenvalue weighted by molar-refractivity contribution is 5.70. The summed E-state index contributed by atoms with van der Waals surface area (Å²) >= 11 is 0. The first-order chi connectivity index (χ1) is 6.79. The van der Waals surface area contributed by atoms with Crippen molar-refractivity contribution in [3.8, 4) is 16.9 Å². The van der Waals surface area contributed by atoms with E-state index in [0.717, 1.165) is 16.8 Å². The van der Waals surface area contributed by atoms with E-state index in [0.29, 0.717) is 0 Å². The van der Waals surface area contributed by atoms with Gasteiger partial charge >= 0.3 is 0 Å². The van der Waals surface area contributed by atoms with Gasteiger partial charge in [0.1, 0.15) is 12.1 Å². The first kappa shape index (κ1) is 8.69. The molecule has 0 aliphatic heterocycles. The standard InChI is InChI=1S/C11H10N2O/c1-8-10(6-12-7-13-8)9-4-2-3-5-11(9)14/h2-7,14H,1H3. The van der Waals surface area contributed by atoms with Gasteiger partial charge in [-0.2, -0.15) is 0 Å². The van der Waals surface area contributed by atoms with Gasteiger partial charge in [-0.15, -0.1) is 0 Å². The molecule has 0 radical (unpaired) electrons. The monoisotopic (exact) mass is 186 g/mol. The minimum Gasteiger partial charge on any atom is -0.507 e. The van der Waals surface area contributed by atoms with Crippen LogP contribution in [0.25, 0.3) is 11.1 Å². The highest BCUT2D eigenvalue weighted by atomic mass is 16.3. The number of phenolic OH excluding ortho intramolecular Hbond substituents is 1. The van der Waals surface area contributed by atoms with Crippen LogP contribution in [-0.4, -0.2) is 15.1 Å². The summed E-state index contributed by atoms with van der Waals surface area (Å²) in [5.74, 6) is 0.255. The summed E-state index contributed by atoms with van der Waals surface area (Å²) in [4.78, 5) is 8.02. The van der Waals surface area contributed by atoms with Crippen LogP contribution >= 0.6 is 0 Å². The molecule has 3 nitrogen and oxygen atoms in total. The maximum absolute atomic E-state index is 9.63. The molecule has 2 rings (SSSR count). The summed E-state index contributed by atoms with van der Waals surface area (Å²) in [5, 5.41) is 9.63. The van der Waals surface area contributed by atoms with E-state index in [-0.39, 0.29) is 5.75 Å². The topological polar surface area (TPSA) is 46.0 Å². The highest BCUT2D eigenvalue weighted by Gasteiger charge is 2.06. The Hall–Kier alpha value is -1.90. The van der Waals surface area contributed by atoms with Crippen LogP contribution in [-0.2, 0) is 0 Å². The molecule has 0 bridgehead atoms. The van der Waals surface area contributed by atoms with Crippen LogP contribution in [0.1, 0.15) is 5.69 Å². The van der Waals surface area contributed by atoms with E-state index in [4.69, 9.17) is 0 Å². The predicted octanol–water partition coefficient (Wildman–Crippen LogP) is 2.16. The Morgan fingerprint density at radius 3 is 2.64 bits per heavy atom. The Balaban J connectivity index is 2.61. The first-order valence-corrected chi connectivity index (χ1v) is 4.34. The van der Waals surface area contributed by atoms with E-state index >= 15 is 0 Å². The molecule has 14 heavy (non-hydrogen) atoms. The second-order valence-electron chi connectivity index (χ2n) is 3.04. The minimum atomic E-state index is 0.255. The number of hydrogen-bond acceptors (Lipinski definition) is 3. The molecule has 0 aliphatic carbocycles. The molecule has 2 aromatic rings. The number of nitrogens with zero attached hydrogens (tertiary/aromatic N) is 2. The average Bonchev–Trinajstić information content (AvgIpc) is 2.20. The molecule has 1 aromatic carbocycles. The van der Waals surface area contributed by atoms with Crippen LogP contribution in [0.3, 0.4) is 0 Å². The lowest BCUT2D eigenvalue weighted by atomic mass is 10.1. The third-order valence-electron chi connectivity index (χ3n) is 2.11. The molecule has 70 valence electrons. The largest absolute Gasteiger partial charge is 0.507 e. The molecule has 0 saturated carbocycles. The van der Waals surface area contributed by atoms with Gasteiger partial charge in [0.25, 0.3) is 0 Å². The Bertz CT molecular complexity index is 411. The fourth-order valence-corrected chi connectivity index (χ4v) is 1.36. The first-order valence-electron chi connectivity index (χ1n) is 4.34. The van der Waals surface area contributed by atoms with E-state index in [9.17, 15) is 5.11 Å². The van der Waals surface area contributed by atoms with Crippen LogP contribution < -0.4 is 0 Å². The van der Waals surface area contributed by atoms with Crippen LogP contribution in [0, 0.1) is 6.92 Å². The number of aryl methyl sites for hydroxylation is 1. The summed E-state index contributed by atoms with van der Waals surface area (Å²) < 4.78 is 0. The third-order valence-corrected chi connectivity index (χ3v) is 2.11. The molecule has 0 saturated heterocycles. The number of phenols is 1. The van der Waals surface area contributed by atoms with E-state index in [1.54, 1.807) is 18.3 Å². The van der Waals surface area contributed by atoms with Gasteiger partial charge in [-0.1, -0.05) is 18.2 Å². The molecular weight excluding hydrogens is 176 g/mol. The Morgan fingerprint density at radius 2 is 1.93 bits per heavy atom. The second-order valence-corrected chi connectivity index (χ2v) is 3.04. The van der Waals surface area contributed by atoms with Gasteiger partial charge in [-0.05, 0) is 13.0 Å². The van der Waals surface area contributed by atoms with Crippen molar-refractivity contribution < 1.29 is 5.11 Å². The van der Waals surface area contributed by atoms with Gasteiger partial charge in [-0.25, -0.2) is 9.97 Å². The fourth-order valence-electron chi connectivity index (χ4n) is 1.36. The van der Waals surface area contributed by atoms with Gasteiger partial charge in [0.05, 0.1) is 0 Å². The van der Waals surface area contributed by atoms with Gasteiger partial charge in [0, 0.05) is 23.0 Å². The zero-order valence-corrected chi connectivity index (χ0v) is 7.81. The molecule has 1 N–H and O–H groups in total. The zero-order valence-electron chi connectivity index (χ0n) is 7.81. The van der Waals surface area contributed by atoms with Gasteiger partial charge in [0.15, 0.2) is 0 Å². The molecular formula is C11H10N2O. The van der Waals surface area contributed by atoms with Crippen molar-refractivity contribution in [2.45, 2.75) is 6.92 Å². The molecule has 1 aromatic heterocycles. The quantitative estimate of drug-likeness (QED) is 0.742. The fraction of sp³-hybridized carbons (Fsp3) is 0.0909. The molecule has 3 heteroatoms. The zero-order chi connectivity index (χ0) is 9.97. The lowest BCUT2D eigenvalue weighted by Crippen LogP contribution is -1.88. The van der Waals surface area contributed by atoms with Crippen molar-refractivity contribution in [2.24, 2.45) is 0 Å². The number of para-hydroxylation sites is 1. The molecule has 0 unspecified atom stereocenters. The van der Waals surface area contributed by atoms with E-state index in [2.05, 4.69) is 9.97 Å². The van der Waals surface area contributed by atoms with E-state index in [1.807, 2.05) is 19.1 Å². The summed E-state index contributed by atoms with van der Waals surface area (Å²) in [6, 6.07) is 7.17. The van der Waals surface area contributed by atoms with Gasteiger partial charge in [-0.3, -0.25) is 0 Å². The van der Waals surface area contributed by atoms with Crippen LogP contribution in [0.4, 0.5) is 0 Å². The normalized spacial score (nSPS) is 10.1. The summed E-state index contributed by atoms with van der Waals surface area (Å²) in [6.45, 7) is 1.89. The van der Waals surface area contributed by atoms with Crippen molar-refractivity contribution in [2.75, 3.05) is 0 Å². The molecule has 0 fully saturated rings. The number of hydrogen-bond donors (Lipinski definition) is 1. The minimum absolute atomic E-state index is 0.255. The smallest absolute Gasteiger partial charge is 0.123 e. The molecule has 0 atom stereocenters. The Kier molecular flexibility index (Phi) is 2.14. The van der Waals surface area contributed by atoms with Crippen LogP contribution in [0.5, 0.6) is 5.75 Å². The molecule has 0 aliphatic rings. The van der Waals surface area contributed by atoms with Crippen molar-refractivity contribution in [1.29, 1.82) is 0 Å². The van der Waals surface area contributed by atoms with Gasteiger partial charge < -0.3 is 5.11 Å². The molecule has 0 spiro atoms. The summed E-state index contributed by atoms with van der Waals surface area (Å²) in [7, 11) is 0. The Labute approximate surface area is 82.1 Å². The number of aromatic hydroxyl groups is 1. The predicted molar refractivity (Wildman–Crippen MR) is 53.9 cm³/mol. The number of aromatic nitrogens is 2. The molecule has 0 amide bonds. The van der Waals surface area contributed by atoms with E-state index < -0.39 is 0 Å². The van der Waals surface area contributed by atoms with Gasteiger partial charge in [0.2, 0.25) is 0 Å². The maximum atomic E-state index is 9.63. The van der Waals surface area contributed by atoms with Crippen molar-refractivity contribution in [1.82, 2.24) is 9.97 Å². The van der Waals surface area contributed by atoms with Crippen molar-refractivity contribution >= 4 is 0 Å². The van der Waals surface area contributed by atoms with E-state index in [1.165, 1.54) is 6.33 Å². The second kappa shape index (κ2) is 3.46. The summed E-state index contributed by atoms with van der Waals surface area (Å²) in [5.41, 5.74) is 2.50. The van der Waals surface area contributed by atoms with Crippen molar-refractivity contribution in [3.63, 3.8) is 0 Å². The summed E-state index contributed by atoms with van der Waals surface area (Å²) in [6.07, 6.45) is 3.20. The van der Waals surface area contributed by atoms with Crippen LogP contribution in [0.15, 0.2) is 36.8 Å². The third kappa shape index (κ3) is 1.44. The SMILES string of the molecule is Cc1ncncc1-c1ccccc1O. The van der Waals surface area contributed by atoms with Crippen LogP contribution in [0.2, 0.25) is 0 Å². The number of rotatable bonds is 1. The lowest BCUT2D eigenvalue weighted by Gasteiger charge is -2.05. The number of benzene rings is 1.